The molecule has 0 spiro atoms. The van der Waals surface area contributed by atoms with Crippen molar-refractivity contribution in [2.45, 2.75) is 23.3 Å². The van der Waals surface area contributed by atoms with Crippen LogP contribution >= 0.6 is 0 Å². The van der Waals surface area contributed by atoms with Crippen molar-refractivity contribution >= 4 is 26.8 Å². The van der Waals surface area contributed by atoms with Gasteiger partial charge >= 0.3 is 33.4 Å². The summed E-state index contributed by atoms with van der Waals surface area (Å²) in [6.07, 6.45) is -7.13. The van der Waals surface area contributed by atoms with E-state index in [4.69, 9.17) is 9.76 Å². The molecule has 0 radical (unpaired) electrons. The van der Waals surface area contributed by atoms with Crippen LogP contribution in [0, 0.1) is 0 Å². The molecule has 6 nitrogen and oxygen atoms in total. The molecule has 0 aliphatic rings. The van der Waals surface area contributed by atoms with Crippen LogP contribution < -0.4 is 5.48 Å². The number of hydroxylamine groups is 1. The van der Waals surface area contributed by atoms with E-state index in [1.54, 1.807) is 17.6 Å². The smallest absolute Gasteiger partial charge is 0.288 e. The van der Waals surface area contributed by atoms with E-state index in [-0.39, 0.29) is 0 Å². The Kier molecular flexibility index (Phi) is 7.26. The van der Waals surface area contributed by atoms with Gasteiger partial charge in [-0.2, -0.15) is 47.9 Å². The van der Waals surface area contributed by atoms with Gasteiger partial charge in [0.05, 0.1) is 0 Å². The average molecular weight is 487 g/mol. The molecule has 0 unspecified atom stereocenters. The zero-order chi connectivity index (χ0) is 24.5. The number of rotatable bonds is 4. The van der Waals surface area contributed by atoms with Crippen molar-refractivity contribution in [2.75, 3.05) is 0 Å². The van der Waals surface area contributed by atoms with Gasteiger partial charge in [-0.1, -0.05) is 36.4 Å². The highest BCUT2D eigenvalue weighted by molar-refractivity contribution is 7.87. The van der Waals surface area contributed by atoms with Crippen LogP contribution in [-0.4, -0.2) is 47.4 Å². The summed E-state index contributed by atoms with van der Waals surface area (Å²) >= 11 is 0. The molecule has 0 bridgehead atoms. The lowest BCUT2D eigenvalue weighted by Crippen LogP contribution is -2.63. The molecule has 0 aliphatic heterocycles. The Morgan fingerprint density at radius 3 is 1.74 bits per heavy atom. The fourth-order valence-electron chi connectivity index (χ4n) is 2.01. The van der Waals surface area contributed by atoms with Gasteiger partial charge in [-0.05, 0) is 16.8 Å². The Labute approximate surface area is 167 Å². The molecule has 1 amide bonds. The number of halogens is 9. The Morgan fingerprint density at radius 1 is 0.806 bits per heavy atom. The van der Waals surface area contributed by atoms with E-state index in [0.29, 0.717) is 5.56 Å². The van der Waals surface area contributed by atoms with Crippen LogP contribution in [0.15, 0.2) is 42.5 Å². The number of carbonyl (C=O) groups is 1. The summed E-state index contributed by atoms with van der Waals surface area (Å²) in [5, 5.41) is 3.36. The summed E-state index contributed by atoms with van der Waals surface area (Å²) in [6.45, 7) is 0. The first-order chi connectivity index (χ1) is 13.8. The SMILES string of the molecule is O=C(NO)c1cccc2ccccc12.O=S(=O)(O)C(F)(F)C(F)(F)C(F)(F)C(F)(F)F. The molecule has 2 aromatic rings. The molecular formula is C15H10F9NO5S. The number of hydrogen-bond acceptors (Lipinski definition) is 4. The van der Waals surface area contributed by atoms with Crippen molar-refractivity contribution in [3.8, 4) is 0 Å². The summed E-state index contributed by atoms with van der Waals surface area (Å²) in [4.78, 5) is 11.3. The molecule has 0 saturated heterocycles. The van der Waals surface area contributed by atoms with E-state index in [1.165, 1.54) is 0 Å². The first kappa shape index (κ1) is 26.4. The highest BCUT2D eigenvalue weighted by atomic mass is 32.2. The van der Waals surface area contributed by atoms with Gasteiger partial charge in [0.15, 0.2) is 0 Å². The molecule has 0 aromatic heterocycles. The summed E-state index contributed by atoms with van der Waals surface area (Å²) in [6, 6.07) is 12.9. The number of nitrogens with one attached hydrogen (secondary N) is 1. The molecular weight excluding hydrogens is 477 g/mol. The van der Waals surface area contributed by atoms with E-state index in [1.807, 2.05) is 30.3 Å². The predicted octanol–water partition coefficient (Wildman–Crippen LogP) is 4.26. The minimum Gasteiger partial charge on any atom is -0.288 e. The van der Waals surface area contributed by atoms with Crippen molar-refractivity contribution < 1.29 is 62.5 Å². The van der Waals surface area contributed by atoms with Crippen molar-refractivity contribution in [1.29, 1.82) is 0 Å². The molecule has 0 atom stereocenters. The lowest BCUT2D eigenvalue weighted by atomic mass is 10.0. The Morgan fingerprint density at radius 2 is 1.29 bits per heavy atom. The van der Waals surface area contributed by atoms with Crippen LogP contribution in [-0.2, 0) is 10.1 Å². The second kappa shape index (κ2) is 8.51. The standard InChI is InChI=1S/C11H9NO2.C4HF9O3S/c13-11(12-14)10-7-3-5-8-4-1-2-6-9(8)10;5-1(6,3(9,10)11)2(7,8)4(12,13)17(14,15)16/h1-7,14H,(H,12,13);(H,14,15,16). The van der Waals surface area contributed by atoms with Crippen molar-refractivity contribution in [3.05, 3.63) is 48.0 Å². The third kappa shape index (κ3) is 4.85. The van der Waals surface area contributed by atoms with E-state index in [2.05, 4.69) is 0 Å². The van der Waals surface area contributed by atoms with Crippen LogP contribution in [0.4, 0.5) is 39.5 Å². The van der Waals surface area contributed by atoms with Crippen molar-refractivity contribution in [3.63, 3.8) is 0 Å². The Balaban J connectivity index is 0.000000314. The lowest BCUT2D eigenvalue weighted by Gasteiger charge is -2.31. The van der Waals surface area contributed by atoms with E-state index in [9.17, 15) is 52.7 Å². The largest absolute Gasteiger partial charge is 0.460 e. The second-order valence-corrected chi connectivity index (χ2v) is 7.07. The Bertz CT molecular complexity index is 1050. The number of fused-ring (bicyclic) bond motifs is 1. The fraction of sp³-hybridized carbons (Fsp3) is 0.267. The summed E-state index contributed by atoms with van der Waals surface area (Å²) in [5.41, 5.74) is 2.11. The maximum absolute atomic E-state index is 12.2. The van der Waals surface area contributed by atoms with Gasteiger partial charge in [0.25, 0.3) is 5.91 Å². The predicted molar refractivity (Wildman–Crippen MR) is 85.6 cm³/mol. The number of benzene rings is 2. The number of carbonyl (C=O) groups excluding carboxylic acids is 1. The van der Waals surface area contributed by atoms with Gasteiger partial charge in [0.2, 0.25) is 0 Å². The summed E-state index contributed by atoms with van der Waals surface area (Å²) in [7, 11) is -7.17. The number of amides is 1. The topological polar surface area (TPSA) is 104 Å². The van der Waals surface area contributed by atoms with Crippen molar-refractivity contribution in [1.82, 2.24) is 5.48 Å². The fourth-order valence-corrected chi connectivity index (χ4v) is 2.46. The number of alkyl halides is 9. The highest BCUT2D eigenvalue weighted by Crippen LogP contribution is 2.54. The molecule has 174 valence electrons. The molecule has 0 fully saturated rings. The van der Waals surface area contributed by atoms with E-state index < -0.39 is 39.3 Å². The third-order valence-electron chi connectivity index (χ3n) is 3.58. The maximum Gasteiger partial charge on any atom is 0.460 e. The summed E-state index contributed by atoms with van der Waals surface area (Å²) < 4.78 is 134. The molecule has 3 N–H and O–H groups in total. The molecule has 0 saturated carbocycles. The average Bonchev–Trinajstić information content (AvgIpc) is 2.65. The highest BCUT2D eigenvalue weighted by Gasteiger charge is 2.85. The zero-order valence-corrected chi connectivity index (χ0v) is 15.3. The third-order valence-corrected chi connectivity index (χ3v) is 4.48. The van der Waals surface area contributed by atoms with Gasteiger partial charge in [0, 0.05) is 5.56 Å². The van der Waals surface area contributed by atoms with Crippen LogP contribution in [0.5, 0.6) is 0 Å². The first-order valence-electron chi connectivity index (χ1n) is 7.42. The summed E-state index contributed by atoms with van der Waals surface area (Å²) in [5.74, 6) is -15.2. The van der Waals surface area contributed by atoms with Gasteiger partial charge in [0.1, 0.15) is 0 Å². The van der Waals surface area contributed by atoms with Crippen LogP contribution in [0.3, 0.4) is 0 Å². The molecule has 0 heterocycles. The maximum atomic E-state index is 12.2. The van der Waals surface area contributed by atoms with E-state index >= 15 is 0 Å². The van der Waals surface area contributed by atoms with Gasteiger partial charge in [-0.25, -0.2) is 5.48 Å². The lowest BCUT2D eigenvalue weighted by molar-refractivity contribution is -0.382. The molecule has 16 heteroatoms. The molecule has 0 aliphatic carbocycles. The van der Waals surface area contributed by atoms with Gasteiger partial charge < -0.3 is 0 Å². The second-order valence-electron chi connectivity index (χ2n) is 5.61. The Hall–Kier alpha value is -2.59. The van der Waals surface area contributed by atoms with Crippen LogP contribution in [0.2, 0.25) is 0 Å². The van der Waals surface area contributed by atoms with Crippen LogP contribution in [0.25, 0.3) is 10.8 Å². The molecule has 2 aromatic carbocycles. The zero-order valence-electron chi connectivity index (χ0n) is 14.5. The molecule has 2 rings (SSSR count). The quantitative estimate of drug-likeness (QED) is 0.259. The number of hydrogen-bond donors (Lipinski definition) is 3. The minimum absolute atomic E-state index is 0.477. The van der Waals surface area contributed by atoms with Gasteiger partial charge in [-0.15, -0.1) is 0 Å². The van der Waals surface area contributed by atoms with E-state index in [0.717, 1.165) is 10.8 Å². The molecule has 31 heavy (non-hydrogen) atoms. The first-order valence-corrected chi connectivity index (χ1v) is 8.86. The van der Waals surface area contributed by atoms with Gasteiger partial charge in [-0.3, -0.25) is 14.6 Å². The monoisotopic (exact) mass is 487 g/mol. The normalized spacial score (nSPS) is 13.4. The van der Waals surface area contributed by atoms with Crippen LogP contribution in [0.1, 0.15) is 10.4 Å². The minimum atomic E-state index is -7.37. The van der Waals surface area contributed by atoms with Crippen molar-refractivity contribution in [2.24, 2.45) is 0 Å².